The number of hydrogen-bond acceptors (Lipinski definition) is 5. The second-order valence-electron chi connectivity index (χ2n) is 7.55. The van der Waals surface area contributed by atoms with Gasteiger partial charge in [0.15, 0.2) is 0 Å². The Morgan fingerprint density at radius 3 is 2.66 bits per heavy atom. The summed E-state index contributed by atoms with van der Waals surface area (Å²) in [6.07, 6.45) is 0.735. The number of aliphatic carboxylic acids is 1. The van der Waals surface area contributed by atoms with Gasteiger partial charge in [-0.1, -0.05) is 41.9 Å². The van der Waals surface area contributed by atoms with Gasteiger partial charge in [-0.15, -0.1) is 0 Å². The van der Waals surface area contributed by atoms with Crippen molar-refractivity contribution in [2.45, 2.75) is 31.7 Å². The van der Waals surface area contributed by atoms with Crippen LogP contribution in [0, 0.1) is 0 Å². The van der Waals surface area contributed by atoms with Crippen molar-refractivity contribution in [1.29, 1.82) is 0 Å². The Balaban J connectivity index is 1.71. The van der Waals surface area contributed by atoms with Crippen molar-refractivity contribution >= 4 is 40.1 Å². The molecule has 1 aliphatic heterocycles. The minimum atomic E-state index is -0.931. The summed E-state index contributed by atoms with van der Waals surface area (Å²) in [5, 5.41) is 16.1. The maximum Gasteiger partial charge on any atom is 0.303 e. The van der Waals surface area contributed by atoms with Crippen molar-refractivity contribution in [2.75, 3.05) is 7.11 Å². The molecular formula is C24H22ClN3O4. The van der Waals surface area contributed by atoms with E-state index in [-0.39, 0.29) is 25.2 Å². The van der Waals surface area contributed by atoms with Crippen molar-refractivity contribution in [2.24, 2.45) is 5.10 Å². The van der Waals surface area contributed by atoms with Gasteiger partial charge in [-0.05, 0) is 36.2 Å². The molecule has 8 heteroatoms. The Hall–Kier alpha value is -3.45. The van der Waals surface area contributed by atoms with Crippen LogP contribution in [0.15, 0.2) is 59.7 Å². The van der Waals surface area contributed by atoms with Crippen LogP contribution < -0.4 is 4.74 Å². The highest BCUT2D eigenvalue weighted by molar-refractivity contribution is 6.30. The monoisotopic (exact) mass is 451 g/mol. The van der Waals surface area contributed by atoms with E-state index in [0.717, 1.165) is 22.2 Å². The molecule has 164 valence electrons. The van der Waals surface area contributed by atoms with E-state index in [1.807, 2.05) is 54.6 Å². The largest absolute Gasteiger partial charge is 0.497 e. The van der Waals surface area contributed by atoms with Gasteiger partial charge in [0.25, 0.3) is 0 Å². The summed E-state index contributed by atoms with van der Waals surface area (Å²) in [4.78, 5) is 28.4. The highest BCUT2D eigenvalue weighted by atomic mass is 35.5. The molecular weight excluding hydrogens is 430 g/mol. The lowest BCUT2D eigenvalue weighted by Crippen LogP contribution is -2.27. The molecule has 0 saturated heterocycles. The van der Waals surface area contributed by atoms with Gasteiger partial charge in [0.05, 0.1) is 24.4 Å². The molecule has 0 radical (unpaired) electrons. The van der Waals surface area contributed by atoms with Gasteiger partial charge in [0.2, 0.25) is 5.91 Å². The van der Waals surface area contributed by atoms with Gasteiger partial charge in [0.1, 0.15) is 10.9 Å². The van der Waals surface area contributed by atoms with Gasteiger partial charge in [-0.2, -0.15) is 5.10 Å². The number of hydrazone groups is 1. The molecule has 1 aromatic heterocycles. The third-order valence-corrected chi connectivity index (χ3v) is 5.72. The van der Waals surface area contributed by atoms with Crippen molar-refractivity contribution in [3.05, 3.63) is 70.9 Å². The van der Waals surface area contributed by atoms with Crippen LogP contribution in [0.2, 0.25) is 5.15 Å². The fourth-order valence-corrected chi connectivity index (χ4v) is 4.07. The molecule has 1 N–H and O–H groups in total. The zero-order valence-corrected chi connectivity index (χ0v) is 18.2. The number of carboxylic acids is 1. The SMILES string of the molecule is COc1ccc2nc(Cl)c([C@@H]3CC(c4ccccc4)=NN3C(=O)CCCC(=O)O)cc2c1. The fourth-order valence-electron chi connectivity index (χ4n) is 3.80. The number of carbonyl (C=O) groups excluding carboxylic acids is 1. The third kappa shape index (κ3) is 4.57. The summed E-state index contributed by atoms with van der Waals surface area (Å²) < 4.78 is 5.32. The average molecular weight is 452 g/mol. The minimum Gasteiger partial charge on any atom is -0.497 e. The van der Waals surface area contributed by atoms with E-state index in [4.69, 9.17) is 21.4 Å². The number of fused-ring (bicyclic) bond motifs is 1. The van der Waals surface area contributed by atoms with Crippen LogP contribution in [0.25, 0.3) is 10.9 Å². The Morgan fingerprint density at radius 2 is 1.94 bits per heavy atom. The third-order valence-electron chi connectivity index (χ3n) is 5.42. The van der Waals surface area contributed by atoms with Crippen LogP contribution in [-0.2, 0) is 9.59 Å². The van der Waals surface area contributed by atoms with Crippen LogP contribution in [0.5, 0.6) is 5.75 Å². The Labute approximate surface area is 190 Å². The molecule has 0 fully saturated rings. The summed E-state index contributed by atoms with van der Waals surface area (Å²) in [5.41, 5.74) is 3.10. The van der Waals surface area contributed by atoms with Crippen LogP contribution in [0.1, 0.15) is 42.9 Å². The van der Waals surface area contributed by atoms with Crippen LogP contribution in [0.3, 0.4) is 0 Å². The van der Waals surface area contributed by atoms with E-state index in [1.165, 1.54) is 5.01 Å². The summed E-state index contributed by atoms with van der Waals surface area (Å²) in [5.74, 6) is -0.481. The fraction of sp³-hybridized carbons (Fsp3) is 0.250. The van der Waals surface area contributed by atoms with E-state index in [9.17, 15) is 9.59 Å². The summed E-state index contributed by atoms with van der Waals surface area (Å²) in [7, 11) is 1.60. The average Bonchev–Trinajstić information content (AvgIpc) is 3.24. The molecule has 4 rings (SSSR count). The number of ether oxygens (including phenoxy) is 1. The van der Waals surface area contributed by atoms with Gasteiger partial charge >= 0.3 is 5.97 Å². The predicted molar refractivity (Wildman–Crippen MR) is 122 cm³/mol. The number of methoxy groups -OCH3 is 1. The smallest absolute Gasteiger partial charge is 0.303 e. The van der Waals surface area contributed by atoms with E-state index < -0.39 is 12.0 Å². The molecule has 2 heterocycles. The predicted octanol–water partition coefficient (Wildman–Crippen LogP) is 4.83. The maximum atomic E-state index is 13.0. The standard InChI is InChI=1S/C24H22ClN3O4/c1-32-17-10-11-19-16(12-17)13-18(24(25)26-19)21-14-20(15-6-3-2-4-7-15)27-28(21)22(29)8-5-9-23(30)31/h2-4,6-7,10-13,21H,5,8-9,14H2,1H3,(H,30,31)/t21-/m0/s1. The number of amides is 1. The first kappa shape index (κ1) is 21.8. The summed E-state index contributed by atoms with van der Waals surface area (Å²) >= 11 is 6.56. The number of carbonyl (C=O) groups is 2. The second-order valence-corrected chi connectivity index (χ2v) is 7.90. The maximum absolute atomic E-state index is 13.0. The first-order valence-electron chi connectivity index (χ1n) is 10.3. The second kappa shape index (κ2) is 9.36. The number of halogens is 1. The van der Waals surface area contributed by atoms with Crippen molar-refractivity contribution in [3.8, 4) is 5.75 Å². The lowest BCUT2D eigenvalue weighted by molar-refractivity contribution is -0.137. The van der Waals surface area contributed by atoms with E-state index in [2.05, 4.69) is 10.1 Å². The van der Waals surface area contributed by atoms with Gasteiger partial charge in [-0.3, -0.25) is 9.59 Å². The molecule has 0 aliphatic carbocycles. The molecule has 0 unspecified atom stereocenters. The number of nitrogens with zero attached hydrogens (tertiary/aromatic N) is 3. The summed E-state index contributed by atoms with van der Waals surface area (Å²) in [6.45, 7) is 0. The van der Waals surface area contributed by atoms with Crippen LogP contribution in [-0.4, -0.2) is 39.8 Å². The number of pyridine rings is 1. The molecule has 7 nitrogen and oxygen atoms in total. The molecule has 0 bridgehead atoms. The van der Waals surface area contributed by atoms with Crippen molar-refractivity contribution < 1.29 is 19.4 Å². The Morgan fingerprint density at radius 1 is 1.16 bits per heavy atom. The minimum absolute atomic E-state index is 0.0718. The Kier molecular flexibility index (Phi) is 6.37. The zero-order valence-electron chi connectivity index (χ0n) is 17.5. The highest BCUT2D eigenvalue weighted by Gasteiger charge is 2.34. The number of aromatic nitrogens is 1. The van der Waals surface area contributed by atoms with Gasteiger partial charge < -0.3 is 9.84 Å². The van der Waals surface area contributed by atoms with Crippen LogP contribution >= 0.6 is 11.6 Å². The van der Waals surface area contributed by atoms with Gasteiger partial charge in [0, 0.05) is 30.2 Å². The topological polar surface area (TPSA) is 92.1 Å². The molecule has 1 aliphatic rings. The Bertz CT molecular complexity index is 1200. The van der Waals surface area contributed by atoms with Crippen LogP contribution in [0.4, 0.5) is 0 Å². The van der Waals surface area contributed by atoms with E-state index in [0.29, 0.717) is 22.9 Å². The molecule has 2 aromatic carbocycles. The number of rotatable bonds is 7. The highest BCUT2D eigenvalue weighted by Crippen LogP contribution is 2.38. The number of hydrogen-bond donors (Lipinski definition) is 1. The van der Waals surface area contributed by atoms with E-state index >= 15 is 0 Å². The first-order chi connectivity index (χ1) is 15.5. The lowest BCUT2D eigenvalue weighted by Gasteiger charge is -2.23. The summed E-state index contributed by atoms with van der Waals surface area (Å²) in [6, 6.07) is 16.6. The first-order valence-corrected chi connectivity index (χ1v) is 10.6. The molecule has 1 atom stereocenters. The lowest BCUT2D eigenvalue weighted by atomic mass is 9.98. The molecule has 3 aromatic rings. The number of benzene rings is 2. The molecule has 1 amide bonds. The molecule has 0 spiro atoms. The number of carboxylic acid groups (broad SMARTS) is 1. The van der Waals surface area contributed by atoms with Crippen molar-refractivity contribution in [1.82, 2.24) is 9.99 Å². The van der Waals surface area contributed by atoms with Crippen molar-refractivity contribution in [3.63, 3.8) is 0 Å². The molecule has 32 heavy (non-hydrogen) atoms. The normalized spacial score (nSPS) is 15.6. The zero-order chi connectivity index (χ0) is 22.7. The van der Waals surface area contributed by atoms with E-state index in [1.54, 1.807) is 7.11 Å². The molecule has 0 saturated carbocycles. The van der Waals surface area contributed by atoms with Gasteiger partial charge in [-0.25, -0.2) is 9.99 Å². The quantitative estimate of drug-likeness (QED) is 0.519.